The summed E-state index contributed by atoms with van der Waals surface area (Å²) in [5.41, 5.74) is 0.731. The Bertz CT molecular complexity index is 627. The van der Waals surface area contributed by atoms with Crippen LogP contribution in [0, 0.1) is 0 Å². The van der Waals surface area contributed by atoms with Crippen LogP contribution in [0.25, 0.3) is 0 Å². The minimum Gasteiger partial charge on any atom is -0.497 e. The third kappa shape index (κ3) is 4.13. The molecule has 0 saturated carbocycles. The Morgan fingerprint density at radius 1 is 1.19 bits per heavy atom. The number of methoxy groups -OCH3 is 1. The summed E-state index contributed by atoms with van der Waals surface area (Å²) in [5, 5.41) is 9.84. The Balaban J connectivity index is 2.16. The Labute approximate surface area is 127 Å². The average Bonchev–Trinajstić information content (AvgIpc) is 2.49. The van der Waals surface area contributed by atoms with Gasteiger partial charge in [-0.25, -0.2) is 4.79 Å². The highest BCUT2D eigenvalue weighted by Crippen LogP contribution is 2.23. The Hall–Kier alpha value is -2.20. The molecule has 5 heteroatoms. The molecule has 2 aromatic rings. The molecule has 0 aromatic heterocycles. The molecule has 110 valence electrons. The zero-order valence-corrected chi connectivity index (χ0v) is 12.2. The van der Waals surface area contributed by atoms with Gasteiger partial charge in [0.1, 0.15) is 11.5 Å². The lowest BCUT2D eigenvalue weighted by molar-refractivity contribution is -0.145. The standard InChI is InChI=1S/C16H15ClO4/c1-20-12-6-4-7-13(10-12)21-15(16(18)19)9-11-5-2-3-8-14(11)17/h2-8,10,15H,9H2,1H3,(H,18,19)/t15-/m1/s1. The van der Waals surface area contributed by atoms with E-state index in [1.54, 1.807) is 42.5 Å². The summed E-state index contributed by atoms with van der Waals surface area (Å²) in [6, 6.07) is 13.9. The molecule has 0 aliphatic heterocycles. The first-order valence-electron chi connectivity index (χ1n) is 6.37. The van der Waals surface area contributed by atoms with Crippen molar-refractivity contribution >= 4 is 17.6 Å². The van der Waals surface area contributed by atoms with Crippen LogP contribution < -0.4 is 9.47 Å². The maximum atomic E-state index is 11.4. The molecule has 2 rings (SSSR count). The van der Waals surface area contributed by atoms with E-state index in [-0.39, 0.29) is 6.42 Å². The van der Waals surface area contributed by atoms with Crippen molar-refractivity contribution in [1.29, 1.82) is 0 Å². The van der Waals surface area contributed by atoms with Crippen LogP contribution in [0.4, 0.5) is 0 Å². The molecule has 1 N–H and O–H groups in total. The summed E-state index contributed by atoms with van der Waals surface area (Å²) in [5.74, 6) is 0.000857. The van der Waals surface area contributed by atoms with Crippen LogP contribution >= 0.6 is 11.6 Å². The van der Waals surface area contributed by atoms with Gasteiger partial charge in [0.2, 0.25) is 0 Å². The minimum atomic E-state index is -1.04. The van der Waals surface area contributed by atoms with Crippen molar-refractivity contribution in [3.8, 4) is 11.5 Å². The molecular weight excluding hydrogens is 292 g/mol. The van der Waals surface area contributed by atoms with Crippen LogP contribution in [-0.4, -0.2) is 24.3 Å². The van der Waals surface area contributed by atoms with Gasteiger partial charge in [-0.05, 0) is 23.8 Å². The fourth-order valence-electron chi connectivity index (χ4n) is 1.88. The third-order valence-corrected chi connectivity index (χ3v) is 3.33. The van der Waals surface area contributed by atoms with Gasteiger partial charge in [-0.3, -0.25) is 0 Å². The molecule has 0 bridgehead atoms. The van der Waals surface area contributed by atoms with Crippen molar-refractivity contribution < 1.29 is 19.4 Å². The van der Waals surface area contributed by atoms with Gasteiger partial charge < -0.3 is 14.6 Å². The summed E-state index contributed by atoms with van der Waals surface area (Å²) < 4.78 is 10.6. The zero-order chi connectivity index (χ0) is 15.2. The highest BCUT2D eigenvalue weighted by atomic mass is 35.5. The molecule has 4 nitrogen and oxygen atoms in total. The number of hydrogen-bond donors (Lipinski definition) is 1. The van der Waals surface area contributed by atoms with Crippen molar-refractivity contribution in [3.05, 3.63) is 59.1 Å². The maximum Gasteiger partial charge on any atom is 0.345 e. The van der Waals surface area contributed by atoms with Gasteiger partial charge in [-0.2, -0.15) is 0 Å². The van der Waals surface area contributed by atoms with Gasteiger partial charge in [-0.15, -0.1) is 0 Å². The number of carbonyl (C=O) groups is 1. The summed E-state index contributed by atoms with van der Waals surface area (Å²) in [6.45, 7) is 0. The highest BCUT2D eigenvalue weighted by molar-refractivity contribution is 6.31. The first-order chi connectivity index (χ1) is 10.1. The second-order valence-corrected chi connectivity index (χ2v) is 4.83. The minimum absolute atomic E-state index is 0.187. The normalized spacial score (nSPS) is 11.7. The number of aliphatic carboxylic acids is 1. The predicted molar refractivity (Wildman–Crippen MR) is 80.2 cm³/mol. The van der Waals surface area contributed by atoms with Crippen molar-refractivity contribution in [2.75, 3.05) is 7.11 Å². The lowest BCUT2D eigenvalue weighted by Crippen LogP contribution is -2.29. The number of rotatable bonds is 6. The van der Waals surface area contributed by atoms with E-state index >= 15 is 0 Å². The molecular formula is C16H15ClO4. The SMILES string of the molecule is COc1cccc(O[C@H](Cc2ccccc2Cl)C(=O)O)c1. The topological polar surface area (TPSA) is 55.8 Å². The van der Waals surface area contributed by atoms with Crippen LogP contribution in [0.3, 0.4) is 0 Å². The molecule has 0 amide bonds. The molecule has 0 aliphatic rings. The van der Waals surface area contributed by atoms with Gasteiger partial charge in [0.25, 0.3) is 0 Å². The molecule has 2 aromatic carbocycles. The van der Waals surface area contributed by atoms with Crippen LogP contribution in [0.15, 0.2) is 48.5 Å². The number of halogens is 1. The molecule has 0 saturated heterocycles. The molecule has 21 heavy (non-hydrogen) atoms. The number of ether oxygens (including phenoxy) is 2. The second kappa shape index (κ2) is 6.99. The lowest BCUT2D eigenvalue weighted by atomic mass is 10.1. The van der Waals surface area contributed by atoms with Crippen molar-refractivity contribution in [1.82, 2.24) is 0 Å². The van der Waals surface area contributed by atoms with Gasteiger partial charge in [-0.1, -0.05) is 35.9 Å². The number of hydrogen-bond acceptors (Lipinski definition) is 3. The first kappa shape index (κ1) is 15.2. The first-order valence-corrected chi connectivity index (χ1v) is 6.75. The molecule has 0 heterocycles. The van der Waals surface area contributed by atoms with Gasteiger partial charge in [0, 0.05) is 17.5 Å². The average molecular weight is 307 g/mol. The van der Waals surface area contributed by atoms with Crippen LogP contribution in [0.2, 0.25) is 5.02 Å². The molecule has 0 radical (unpaired) electrons. The van der Waals surface area contributed by atoms with E-state index in [0.29, 0.717) is 16.5 Å². The van der Waals surface area contributed by atoms with Crippen LogP contribution in [0.5, 0.6) is 11.5 Å². The summed E-state index contributed by atoms with van der Waals surface area (Å²) in [7, 11) is 1.54. The van der Waals surface area contributed by atoms with Crippen molar-refractivity contribution in [2.45, 2.75) is 12.5 Å². The van der Waals surface area contributed by atoms with E-state index in [0.717, 1.165) is 5.56 Å². The summed E-state index contributed by atoms with van der Waals surface area (Å²) in [6.07, 6.45) is -0.830. The third-order valence-electron chi connectivity index (χ3n) is 2.96. The molecule has 0 fully saturated rings. The summed E-state index contributed by atoms with van der Waals surface area (Å²) >= 11 is 6.06. The quantitative estimate of drug-likeness (QED) is 0.888. The number of carboxylic acids is 1. The van der Waals surface area contributed by atoms with E-state index in [2.05, 4.69) is 0 Å². The van der Waals surface area contributed by atoms with Gasteiger partial charge in [0.05, 0.1) is 7.11 Å². The predicted octanol–water partition coefficient (Wildman–Crippen LogP) is 3.42. The van der Waals surface area contributed by atoms with Gasteiger partial charge in [0.15, 0.2) is 6.10 Å². The Kier molecular flexibility index (Phi) is 5.06. The number of carboxylic acid groups (broad SMARTS) is 1. The molecule has 0 aliphatic carbocycles. The second-order valence-electron chi connectivity index (χ2n) is 4.42. The van der Waals surface area contributed by atoms with E-state index < -0.39 is 12.1 Å². The van der Waals surface area contributed by atoms with E-state index in [4.69, 9.17) is 21.1 Å². The van der Waals surface area contributed by atoms with Crippen molar-refractivity contribution in [2.24, 2.45) is 0 Å². The molecule has 0 spiro atoms. The smallest absolute Gasteiger partial charge is 0.345 e. The van der Waals surface area contributed by atoms with Gasteiger partial charge >= 0.3 is 5.97 Å². The zero-order valence-electron chi connectivity index (χ0n) is 11.5. The van der Waals surface area contributed by atoms with E-state index in [1.807, 2.05) is 6.07 Å². The number of benzene rings is 2. The van der Waals surface area contributed by atoms with E-state index in [9.17, 15) is 9.90 Å². The fraction of sp³-hybridized carbons (Fsp3) is 0.188. The lowest BCUT2D eigenvalue weighted by Gasteiger charge is -2.16. The maximum absolute atomic E-state index is 11.4. The van der Waals surface area contributed by atoms with Crippen LogP contribution in [0.1, 0.15) is 5.56 Å². The van der Waals surface area contributed by atoms with Crippen molar-refractivity contribution in [3.63, 3.8) is 0 Å². The molecule has 0 unspecified atom stereocenters. The van der Waals surface area contributed by atoms with E-state index in [1.165, 1.54) is 7.11 Å². The summed E-state index contributed by atoms with van der Waals surface area (Å²) in [4.78, 5) is 11.4. The molecule has 1 atom stereocenters. The highest BCUT2D eigenvalue weighted by Gasteiger charge is 2.21. The largest absolute Gasteiger partial charge is 0.497 e. The Morgan fingerprint density at radius 2 is 1.90 bits per heavy atom. The fourth-order valence-corrected chi connectivity index (χ4v) is 2.09. The Morgan fingerprint density at radius 3 is 2.57 bits per heavy atom. The van der Waals surface area contributed by atoms with Crippen LogP contribution in [-0.2, 0) is 11.2 Å². The monoisotopic (exact) mass is 306 g/mol.